The zero-order valence-electron chi connectivity index (χ0n) is 13.0. The van der Waals surface area contributed by atoms with Gasteiger partial charge in [-0.2, -0.15) is 5.26 Å². The van der Waals surface area contributed by atoms with Gasteiger partial charge in [-0.3, -0.25) is 9.59 Å². The molecule has 1 atom stereocenters. The molecule has 0 fully saturated rings. The monoisotopic (exact) mass is 392 g/mol. The largest absolute Gasteiger partial charge is 0.336 e. The van der Waals surface area contributed by atoms with Crippen molar-refractivity contribution >= 4 is 46.7 Å². The number of carbonyl (C=O) groups is 2. The molecule has 0 heterocycles. The molecule has 0 aliphatic carbocycles. The minimum atomic E-state index is -0.899. The summed E-state index contributed by atoms with van der Waals surface area (Å²) in [6, 6.07) is 14.9. The zero-order valence-corrected chi connectivity index (χ0v) is 15.4. The summed E-state index contributed by atoms with van der Waals surface area (Å²) in [6.45, 7) is 0. The van der Waals surface area contributed by atoms with Gasteiger partial charge in [-0.25, -0.2) is 0 Å². The molecular weight excluding hydrogens is 379 g/mol. The predicted octanol–water partition coefficient (Wildman–Crippen LogP) is 4.29. The van der Waals surface area contributed by atoms with Crippen LogP contribution in [0.4, 0.5) is 0 Å². The van der Waals surface area contributed by atoms with Crippen molar-refractivity contribution in [2.75, 3.05) is 11.5 Å². The van der Waals surface area contributed by atoms with Gasteiger partial charge in [0.1, 0.15) is 6.04 Å². The lowest BCUT2D eigenvalue weighted by atomic mass is 10.1. The van der Waals surface area contributed by atoms with E-state index in [1.807, 2.05) is 12.1 Å². The normalized spacial score (nSPS) is 11.4. The Morgan fingerprint density at radius 1 is 1.08 bits per heavy atom. The van der Waals surface area contributed by atoms with Crippen LogP contribution in [0, 0.1) is 11.3 Å². The van der Waals surface area contributed by atoms with Gasteiger partial charge >= 0.3 is 0 Å². The lowest BCUT2D eigenvalue weighted by Crippen LogP contribution is -2.29. The van der Waals surface area contributed by atoms with Crippen LogP contribution < -0.4 is 5.32 Å². The maximum Gasteiger partial charge on any atom is 0.231 e. The first-order valence-corrected chi connectivity index (χ1v) is 9.23. The predicted molar refractivity (Wildman–Crippen MR) is 101 cm³/mol. The number of nitrogens with zero attached hydrogens (tertiary/aromatic N) is 1. The van der Waals surface area contributed by atoms with Gasteiger partial charge in [0.15, 0.2) is 5.78 Å². The maximum absolute atomic E-state index is 12.0. The highest BCUT2D eigenvalue weighted by molar-refractivity contribution is 8.00. The van der Waals surface area contributed by atoms with E-state index in [0.29, 0.717) is 16.1 Å². The van der Waals surface area contributed by atoms with Crippen molar-refractivity contribution in [3.63, 3.8) is 0 Å². The molecule has 2 aromatic rings. The first-order chi connectivity index (χ1) is 12.0. The minimum Gasteiger partial charge on any atom is -0.336 e. The summed E-state index contributed by atoms with van der Waals surface area (Å²) in [4.78, 5) is 24.0. The molecule has 25 heavy (non-hydrogen) atoms. The van der Waals surface area contributed by atoms with Crippen molar-refractivity contribution in [1.29, 1.82) is 5.26 Å². The summed E-state index contributed by atoms with van der Waals surface area (Å²) >= 11 is 13.2. The molecule has 0 radical (unpaired) electrons. The highest BCUT2D eigenvalue weighted by Gasteiger charge is 2.18. The van der Waals surface area contributed by atoms with Crippen LogP contribution in [0.3, 0.4) is 0 Å². The van der Waals surface area contributed by atoms with Crippen LogP contribution in [0.15, 0.2) is 48.5 Å². The molecule has 1 N–H and O–H groups in total. The average Bonchev–Trinajstić information content (AvgIpc) is 2.63. The van der Waals surface area contributed by atoms with Crippen LogP contribution in [-0.2, 0) is 4.79 Å². The number of benzene rings is 2. The second-order valence-electron chi connectivity index (χ2n) is 5.05. The maximum atomic E-state index is 12.0. The Morgan fingerprint density at radius 2 is 1.80 bits per heavy atom. The number of ketones is 1. The second-order valence-corrected chi connectivity index (χ2v) is 6.83. The molecular formula is C18H14Cl2N2O2S. The number of carbonyl (C=O) groups excluding carboxylic acids is 2. The molecule has 128 valence electrons. The van der Waals surface area contributed by atoms with Crippen molar-refractivity contribution in [2.24, 2.45) is 0 Å². The first-order valence-electron chi connectivity index (χ1n) is 7.32. The van der Waals surface area contributed by atoms with E-state index >= 15 is 0 Å². The van der Waals surface area contributed by atoms with E-state index in [1.54, 1.807) is 42.5 Å². The van der Waals surface area contributed by atoms with Gasteiger partial charge in [-0.05, 0) is 6.07 Å². The second kappa shape index (κ2) is 9.47. The number of thioether (sulfide) groups is 1. The molecule has 2 aromatic carbocycles. The van der Waals surface area contributed by atoms with Gasteiger partial charge in [0.05, 0.1) is 27.6 Å². The molecule has 0 spiro atoms. The Hall–Kier alpha value is -2.00. The summed E-state index contributed by atoms with van der Waals surface area (Å²) in [5, 5.41) is 12.4. The number of rotatable bonds is 7. The van der Waals surface area contributed by atoms with Gasteiger partial charge in [0, 0.05) is 11.1 Å². The van der Waals surface area contributed by atoms with E-state index in [-0.39, 0.29) is 28.2 Å². The smallest absolute Gasteiger partial charge is 0.231 e. The molecule has 0 aliphatic heterocycles. The topological polar surface area (TPSA) is 70.0 Å². The summed E-state index contributed by atoms with van der Waals surface area (Å²) in [5.41, 5.74) is 1.05. The van der Waals surface area contributed by atoms with E-state index in [1.165, 1.54) is 11.8 Å². The molecule has 1 amide bonds. The summed E-state index contributed by atoms with van der Waals surface area (Å²) in [7, 11) is 0. The zero-order chi connectivity index (χ0) is 18.2. The quantitative estimate of drug-likeness (QED) is 0.713. The molecule has 7 heteroatoms. The lowest BCUT2D eigenvalue weighted by Gasteiger charge is -2.14. The summed E-state index contributed by atoms with van der Waals surface area (Å²) < 4.78 is 0. The number of nitriles is 1. The van der Waals surface area contributed by atoms with Gasteiger partial charge < -0.3 is 5.32 Å². The molecule has 0 aliphatic rings. The van der Waals surface area contributed by atoms with Crippen LogP contribution in [-0.4, -0.2) is 23.2 Å². The number of nitrogens with one attached hydrogen (secondary N) is 1. The van der Waals surface area contributed by atoms with Gasteiger partial charge in [-0.15, -0.1) is 11.8 Å². The molecule has 4 nitrogen and oxygen atoms in total. The van der Waals surface area contributed by atoms with Crippen molar-refractivity contribution in [1.82, 2.24) is 5.32 Å². The number of Topliss-reactive ketones (excluding diaryl/α,β-unsaturated/α-hetero) is 1. The van der Waals surface area contributed by atoms with E-state index in [2.05, 4.69) is 5.32 Å². The molecule has 2 rings (SSSR count). The standard InChI is InChI=1S/C18H14Cl2N2O2S/c19-14-8-4-7-13(18(14)20)15(9-21)22-17(24)11-25-10-16(23)12-5-2-1-3-6-12/h1-8,15H,10-11H2,(H,22,24)/t15-/m1/s1. The molecule has 0 aromatic heterocycles. The molecule has 0 unspecified atom stereocenters. The fourth-order valence-corrected chi connectivity index (χ4v) is 3.21. The molecule has 0 saturated carbocycles. The number of hydrogen-bond acceptors (Lipinski definition) is 4. The van der Waals surface area contributed by atoms with Gasteiger partial charge in [-0.1, -0.05) is 65.7 Å². The van der Waals surface area contributed by atoms with E-state index in [4.69, 9.17) is 23.2 Å². The average molecular weight is 393 g/mol. The fourth-order valence-electron chi connectivity index (χ4n) is 2.07. The highest BCUT2D eigenvalue weighted by Crippen LogP contribution is 2.29. The Morgan fingerprint density at radius 3 is 2.48 bits per heavy atom. The Balaban J connectivity index is 1.88. The van der Waals surface area contributed by atoms with Crippen LogP contribution in [0.1, 0.15) is 22.0 Å². The van der Waals surface area contributed by atoms with Crippen molar-refractivity contribution < 1.29 is 9.59 Å². The Labute approximate surface area is 160 Å². The van der Waals surface area contributed by atoms with Crippen molar-refractivity contribution in [2.45, 2.75) is 6.04 Å². The van der Waals surface area contributed by atoms with E-state index in [9.17, 15) is 14.9 Å². The SMILES string of the molecule is N#C[C@@H](NC(=O)CSCC(=O)c1ccccc1)c1cccc(Cl)c1Cl. The van der Waals surface area contributed by atoms with E-state index in [0.717, 1.165) is 0 Å². The lowest BCUT2D eigenvalue weighted by molar-refractivity contribution is -0.118. The van der Waals surface area contributed by atoms with Crippen molar-refractivity contribution in [3.8, 4) is 6.07 Å². The fraction of sp³-hybridized carbons (Fsp3) is 0.167. The third kappa shape index (κ3) is 5.50. The van der Waals surface area contributed by atoms with Crippen LogP contribution in [0.2, 0.25) is 10.0 Å². The van der Waals surface area contributed by atoms with E-state index < -0.39 is 6.04 Å². The van der Waals surface area contributed by atoms with Crippen LogP contribution >= 0.6 is 35.0 Å². The first kappa shape index (κ1) is 19.3. The molecule has 0 saturated heterocycles. The number of halogens is 2. The number of amides is 1. The van der Waals surface area contributed by atoms with Gasteiger partial charge in [0.2, 0.25) is 5.91 Å². The third-order valence-corrected chi connectivity index (χ3v) is 5.06. The summed E-state index contributed by atoms with van der Waals surface area (Å²) in [6.07, 6.45) is 0. The summed E-state index contributed by atoms with van der Waals surface area (Å²) in [5.74, 6) is -0.150. The minimum absolute atomic E-state index is 0.0480. The third-order valence-electron chi connectivity index (χ3n) is 3.29. The van der Waals surface area contributed by atoms with Crippen LogP contribution in [0.5, 0.6) is 0 Å². The van der Waals surface area contributed by atoms with Gasteiger partial charge in [0.25, 0.3) is 0 Å². The van der Waals surface area contributed by atoms with Crippen LogP contribution in [0.25, 0.3) is 0 Å². The van der Waals surface area contributed by atoms with Crippen molar-refractivity contribution in [3.05, 3.63) is 69.7 Å². The number of hydrogen-bond donors (Lipinski definition) is 1. The molecule has 0 bridgehead atoms. The Bertz CT molecular complexity index is 806. The highest BCUT2D eigenvalue weighted by atomic mass is 35.5. The Kier molecular flexibility index (Phi) is 7.32.